The van der Waals surface area contributed by atoms with Gasteiger partial charge in [-0.15, -0.1) is 0 Å². The lowest BCUT2D eigenvalue weighted by molar-refractivity contribution is 0.259. The van der Waals surface area contributed by atoms with Gasteiger partial charge in [0.1, 0.15) is 17.5 Å². The largest absolute Gasteiger partial charge is 0.394 e. The Morgan fingerprint density at radius 2 is 1.82 bits per heavy atom. The van der Waals surface area contributed by atoms with Crippen molar-refractivity contribution in [3.63, 3.8) is 0 Å². The molecule has 0 saturated heterocycles. The van der Waals surface area contributed by atoms with Crippen LogP contribution < -0.4 is 10.9 Å². The van der Waals surface area contributed by atoms with E-state index in [9.17, 15) is 23.1 Å². The monoisotopic (exact) mass is 471 g/mol. The second kappa shape index (κ2) is 9.68. The van der Waals surface area contributed by atoms with Crippen LogP contribution in [0.1, 0.15) is 25.8 Å². The van der Waals surface area contributed by atoms with Gasteiger partial charge in [-0.2, -0.15) is 5.10 Å². The summed E-state index contributed by atoms with van der Waals surface area (Å²) in [5.74, 6) is -1.50. The zero-order chi connectivity index (χ0) is 24.4. The molecule has 1 atom stereocenters. The molecule has 2 N–H and O–H groups in total. The van der Waals surface area contributed by atoms with Crippen molar-refractivity contribution in [2.45, 2.75) is 32.9 Å². The van der Waals surface area contributed by atoms with Crippen molar-refractivity contribution in [3.8, 4) is 5.69 Å². The van der Waals surface area contributed by atoms with E-state index >= 15 is 0 Å². The number of aliphatic hydroxyl groups is 1. The summed E-state index contributed by atoms with van der Waals surface area (Å²) in [6.45, 7) is 3.70. The van der Waals surface area contributed by atoms with Gasteiger partial charge in [-0.3, -0.25) is 14.0 Å². The summed E-state index contributed by atoms with van der Waals surface area (Å²) >= 11 is 0. The van der Waals surface area contributed by atoms with Gasteiger partial charge in [0, 0.05) is 17.8 Å². The molecular formula is C24H24F3N5O2. The number of nitrogens with one attached hydrogen (secondary N) is 1. The molecule has 0 amide bonds. The molecule has 7 nitrogen and oxygen atoms in total. The van der Waals surface area contributed by atoms with Crippen LogP contribution in [0.15, 0.2) is 53.7 Å². The van der Waals surface area contributed by atoms with Gasteiger partial charge in [0.15, 0.2) is 5.82 Å². The summed E-state index contributed by atoms with van der Waals surface area (Å²) in [7, 11) is 0. The average molecular weight is 471 g/mol. The van der Waals surface area contributed by atoms with Crippen molar-refractivity contribution < 1.29 is 18.3 Å². The van der Waals surface area contributed by atoms with Gasteiger partial charge in [-0.25, -0.2) is 18.2 Å². The van der Waals surface area contributed by atoms with Crippen LogP contribution in [0.5, 0.6) is 0 Å². The third kappa shape index (κ3) is 4.67. The highest BCUT2D eigenvalue weighted by Gasteiger charge is 2.17. The van der Waals surface area contributed by atoms with E-state index in [2.05, 4.69) is 15.4 Å². The Hall–Kier alpha value is -3.66. The minimum absolute atomic E-state index is 0.0291. The summed E-state index contributed by atoms with van der Waals surface area (Å²) in [6, 6.07) is 6.22. The second-order valence-electron chi connectivity index (χ2n) is 8.47. The molecule has 10 heteroatoms. The number of fused-ring (bicyclic) bond motifs is 1. The number of halogens is 3. The van der Waals surface area contributed by atoms with Crippen molar-refractivity contribution in [2.24, 2.45) is 5.92 Å². The normalized spacial score (nSPS) is 12.4. The molecule has 0 aliphatic heterocycles. The van der Waals surface area contributed by atoms with Crippen LogP contribution in [-0.4, -0.2) is 37.1 Å². The molecular weight excluding hydrogens is 447 g/mol. The highest BCUT2D eigenvalue weighted by atomic mass is 19.1. The van der Waals surface area contributed by atoms with Gasteiger partial charge in [0.05, 0.1) is 48.2 Å². The van der Waals surface area contributed by atoms with E-state index < -0.39 is 23.0 Å². The van der Waals surface area contributed by atoms with E-state index in [-0.39, 0.29) is 35.8 Å². The fourth-order valence-corrected chi connectivity index (χ4v) is 3.88. The molecule has 0 unspecified atom stereocenters. The Kier molecular flexibility index (Phi) is 6.69. The molecule has 0 radical (unpaired) electrons. The number of pyridine rings is 2. The third-order valence-corrected chi connectivity index (χ3v) is 5.50. The van der Waals surface area contributed by atoms with E-state index in [1.807, 2.05) is 13.8 Å². The van der Waals surface area contributed by atoms with E-state index in [0.717, 1.165) is 22.9 Å². The molecule has 178 valence electrons. The maximum absolute atomic E-state index is 14.6. The minimum atomic E-state index is -0.713. The lowest BCUT2D eigenvalue weighted by Gasteiger charge is -2.19. The topological polar surface area (TPSA) is 85.0 Å². The molecule has 0 aliphatic rings. The van der Waals surface area contributed by atoms with Crippen LogP contribution in [0.25, 0.3) is 16.6 Å². The van der Waals surface area contributed by atoms with Gasteiger partial charge >= 0.3 is 0 Å². The van der Waals surface area contributed by atoms with E-state index in [4.69, 9.17) is 0 Å². The fourth-order valence-electron chi connectivity index (χ4n) is 3.88. The van der Waals surface area contributed by atoms with E-state index in [1.54, 1.807) is 0 Å². The lowest BCUT2D eigenvalue weighted by atomic mass is 10.0. The first-order chi connectivity index (χ1) is 16.3. The number of benzene rings is 1. The first-order valence-electron chi connectivity index (χ1n) is 10.8. The molecule has 0 bridgehead atoms. The Morgan fingerprint density at radius 3 is 2.50 bits per heavy atom. The van der Waals surface area contributed by atoms with Crippen LogP contribution in [0, 0.1) is 23.4 Å². The van der Waals surface area contributed by atoms with Crippen molar-refractivity contribution in [3.05, 3.63) is 82.3 Å². The van der Waals surface area contributed by atoms with E-state index in [1.165, 1.54) is 35.3 Å². The fraction of sp³-hybridized carbons (Fsp3) is 0.292. The molecule has 0 aliphatic carbocycles. The van der Waals surface area contributed by atoms with Crippen LogP contribution in [-0.2, 0) is 6.54 Å². The molecule has 4 rings (SSSR count). The van der Waals surface area contributed by atoms with E-state index in [0.29, 0.717) is 23.7 Å². The van der Waals surface area contributed by atoms with Gasteiger partial charge < -0.3 is 10.4 Å². The SMILES string of the molecule is CC(C)C[C@@H](CO)Nc1cc(-n2ccc3c(cnn3Cc3c(F)cccc3F)c2=O)c(F)cn1. The Morgan fingerprint density at radius 1 is 1.09 bits per heavy atom. The molecule has 3 heterocycles. The van der Waals surface area contributed by atoms with Crippen LogP contribution in [0.4, 0.5) is 19.0 Å². The summed E-state index contributed by atoms with van der Waals surface area (Å²) in [5, 5.41) is 16.9. The lowest BCUT2D eigenvalue weighted by Crippen LogP contribution is -2.26. The highest BCUT2D eigenvalue weighted by molar-refractivity contribution is 5.78. The van der Waals surface area contributed by atoms with Crippen LogP contribution >= 0.6 is 0 Å². The van der Waals surface area contributed by atoms with Gasteiger partial charge in [-0.05, 0) is 30.5 Å². The number of hydrogen-bond acceptors (Lipinski definition) is 5. The van der Waals surface area contributed by atoms with Gasteiger partial charge in [-0.1, -0.05) is 19.9 Å². The minimum Gasteiger partial charge on any atom is -0.394 e. The standard InChI is InChI=1S/C24H24F3N5O2/c1-14(2)8-15(13-33)30-23-9-22(20(27)11-28-23)31-7-6-21-16(24(31)34)10-29-32(21)12-17-18(25)4-3-5-19(17)26/h3-7,9-11,14-15,33H,8,12-13H2,1-2H3,(H,28,30)/t15-/m0/s1. The zero-order valence-corrected chi connectivity index (χ0v) is 18.7. The Bertz CT molecular complexity index is 1360. The molecule has 1 aromatic carbocycles. The number of aromatic nitrogens is 4. The summed E-state index contributed by atoms with van der Waals surface area (Å²) < 4.78 is 45.2. The smallest absolute Gasteiger partial charge is 0.266 e. The number of anilines is 1. The molecule has 0 saturated carbocycles. The molecule has 0 spiro atoms. The number of nitrogens with zero attached hydrogens (tertiary/aromatic N) is 4. The maximum atomic E-state index is 14.6. The second-order valence-corrected chi connectivity index (χ2v) is 8.47. The van der Waals surface area contributed by atoms with Crippen LogP contribution in [0.2, 0.25) is 0 Å². The van der Waals surface area contributed by atoms with Gasteiger partial charge in [0.25, 0.3) is 5.56 Å². The van der Waals surface area contributed by atoms with Crippen LogP contribution in [0.3, 0.4) is 0 Å². The zero-order valence-electron chi connectivity index (χ0n) is 18.7. The van der Waals surface area contributed by atoms with Crippen molar-refractivity contribution in [1.82, 2.24) is 19.3 Å². The molecule has 0 fully saturated rings. The summed E-state index contributed by atoms with van der Waals surface area (Å²) in [6.07, 6.45) is 4.34. The Balaban J connectivity index is 1.70. The predicted molar refractivity (Wildman–Crippen MR) is 122 cm³/mol. The number of hydrogen-bond donors (Lipinski definition) is 2. The predicted octanol–water partition coefficient (Wildman–Crippen LogP) is 3.87. The average Bonchev–Trinajstić information content (AvgIpc) is 3.21. The summed E-state index contributed by atoms with van der Waals surface area (Å²) in [4.78, 5) is 17.1. The molecule has 4 aromatic rings. The first kappa shape index (κ1) is 23.5. The number of aliphatic hydroxyl groups excluding tert-OH is 1. The molecule has 3 aromatic heterocycles. The third-order valence-electron chi connectivity index (χ3n) is 5.50. The Labute approximate surface area is 193 Å². The number of rotatable bonds is 8. The van der Waals surface area contributed by atoms with Gasteiger partial charge in [0.2, 0.25) is 0 Å². The quantitative estimate of drug-likeness (QED) is 0.408. The highest BCUT2D eigenvalue weighted by Crippen LogP contribution is 2.20. The molecule has 34 heavy (non-hydrogen) atoms. The van der Waals surface area contributed by atoms with Crippen molar-refractivity contribution in [2.75, 3.05) is 11.9 Å². The first-order valence-corrected chi connectivity index (χ1v) is 10.8. The summed E-state index contributed by atoms with van der Waals surface area (Å²) in [5.41, 5.74) is -0.394. The van der Waals surface area contributed by atoms with Crippen molar-refractivity contribution in [1.29, 1.82) is 0 Å². The van der Waals surface area contributed by atoms with Crippen molar-refractivity contribution >= 4 is 16.7 Å². The maximum Gasteiger partial charge on any atom is 0.266 e.